The molecule has 0 aromatic heterocycles. The van der Waals surface area contributed by atoms with Crippen LogP contribution in [0.5, 0.6) is 11.5 Å². The molecule has 162 valence electrons. The Hall–Kier alpha value is -2.35. The summed E-state index contributed by atoms with van der Waals surface area (Å²) in [5.41, 5.74) is 1.25. The maximum Gasteiger partial charge on any atom is 0.329 e. The molecule has 1 aliphatic heterocycles. The molecule has 0 amide bonds. The number of aliphatic hydroxyl groups excluding tert-OH is 2. The summed E-state index contributed by atoms with van der Waals surface area (Å²) in [5, 5.41) is 29.7. The molecule has 0 bridgehead atoms. The standard InChI is InChI=1S/C23H28O7/c24-18(22-12-29-20-3-1-2-4-21(20)30-22)6-5-16-17-10-14(7-8-28-13-23(26)27)9-15(17)11-19(16)25/h1-6,9,15-19,22,24-25H,7-8,10-13H2,(H,26,27)/b6-5+/t15-,16+,17?,18+,19+,22?/m0/s1. The third-order valence-corrected chi connectivity index (χ3v) is 6.19. The number of benzene rings is 1. The van der Waals surface area contributed by atoms with Gasteiger partial charge in [-0.2, -0.15) is 0 Å². The van der Waals surface area contributed by atoms with Crippen molar-refractivity contribution >= 4 is 5.97 Å². The van der Waals surface area contributed by atoms with E-state index in [2.05, 4.69) is 6.08 Å². The molecular formula is C23H28O7. The van der Waals surface area contributed by atoms with Gasteiger partial charge < -0.3 is 29.5 Å². The van der Waals surface area contributed by atoms with Gasteiger partial charge in [0.05, 0.1) is 12.7 Å². The zero-order valence-corrected chi connectivity index (χ0v) is 16.7. The normalized spacial score (nSPS) is 30.9. The quantitative estimate of drug-likeness (QED) is 0.441. The van der Waals surface area contributed by atoms with Gasteiger partial charge >= 0.3 is 5.97 Å². The van der Waals surface area contributed by atoms with E-state index in [-0.39, 0.29) is 19.1 Å². The summed E-state index contributed by atoms with van der Waals surface area (Å²) in [6.07, 6.45) is 6.35. The molecule has 1 saturated carbocycles. The Bertz CT molecular complexity index is 818. The van der Waals surface area contributed by atoms with E-state index in [0.717, 1.165) is 6.42 Å². The van der Waals surface area contributed by atoms with Crippen molar-refractivity contribution in [1.29, 1.82) is 0 Å². The molecule has 3 aliphatic rings. The van der Waals surface area contributed by atoms with E-state index in [1.807, 2.05) is 30.3 Å². The summed E-state index contributed by atoms with van der Waals surface area (Å²) in [6, 6.07) is 7.38. The van der Waals surface area contributed by atoms with Crippen molar-refractivity contribution in [2.45, 2.75) is 37.6 Å². The lowest BCUT2D eigenvalue weighted by molar-refractivity contribution is -0.142. The predicted octanol–water partition coefficient (Wildman–Crippen LogP) is 2.18. The van der Waals surface area contributed by atoms with Crippen molar-refractivity contribution in [2.75, 3.05) is 19.8 Å². The number of aliphatic hydroxyl groups is 2. The van der Waals surface area contributed by atoms with Crippen LogP contribution in [0.1, 0.15) is 19.3 Å². The molecule has 0 spiro atoms. The highest BCUT2D eigenvalue weighted by Gasteiger charge is 2.43. The summed E-state index contributed by atoms with van der Waals surface area (Å²) in [6.45, 7) is 0.378. The van der Waals surface area contributed by atoms with Gasteiger partial charge in [-0.05, 0) is 43.2 Å². The van der Waals surface area contributed by atoms with Gasteiger partial charge in [-0.25, -0.2) is 4.79 Å². The van der Waals surface area contributed by atoms with Crippen LogP contribution in [0.25, 0.3) is 0 Å². The molecule has 2 aliphatic carbocycles. The van der Waals surface area contributed by atoms with Gasteiger partial charge in [0.1, 0.15) is 19.3 Å². The number of fused-ring (bicyclic) bond motifs is 2. The van der Waals surface area contributed by atoms with E-state index in [4.69, 9.17) is 19.3 Å². The topological polar surface area (TPSA) is 105 Å². The van der Waals surface area contributed by atoms with Gasteiger partial charge in [-0.3, -0.25) is 0 Å². The predicted molar refractivity (Wildman–Crippen MR) is 108 cm³/mol. The number of carbonyl (C=O) groups is 1. The maximum atomic E-state index is 10.6. The SMILES string of the molecule is O=C(O)COCCC1=C[C@H]2C[C@@H](O)[C@H](/C=C/[C@@H](O)C3COc4ccccc4O3)C2C1. The lowest BCUT2D eigenvalue weighted by Crippen LogP contribution is -2.38. The number of hydrogen-bond acceptors (Lipinski definition) is 6. The van der Waals surface area contributed by atoms with E-state index in [0.29, 0.717) is 42.8 Å². The molecule has 2 unspecified atom stereocenters. The van der Waals surface area contributed by atoms with Crippen LogP contribution >= 0.6 is 0 Å². The van der Waals surface area contributed by atoms with E-state index < -0.39 is 24.3 Å². The van der Waals surface area contributed by atoms with Crippen LogP contribution in [-0.4, -0.2) is 59.4 Å². The average Bonchev–Trinajstić information content (AvgIpc) is 3.25. The first-order chi connectivity index (χ1) is 14.5. The molecule has 1 fully saturated rings. The summed E-state index contributed by atoms with van der Waals surface area (Å²) < 4.78 is 16.7. The van der Waals surface area contributed by atoms with Crippen molar-refractivity contribution in [3.63, 3.8) is 0 Å². The minimum absolute atomic E-state index is 0.0323. The molecule has 6 atom stereocenters. The fraction of sp³-hybridized carbons (Fsp3) is 0.522. The number of ether oxygens (including phenoxy) is 3. The number of rotatable bonds is 8. The van der Waals surface area contributed by atoms with Crippen LogP contribution in [0.3, 0.4) is 0 Å². The van der Waals surface area contributed by atoms with Crippen LogP contribution in [0.15, 0.2) is 48.1 Å². The van der Waals surface area contributed by atoms with Crippen LogP contribution in [-0.2, 0) is 9.53 Å². The summed E-state index contributed by atoms with van der Waals surface area (Å²) in [4.78, 5) is 10.5. The fourth-order valence-corrected chi connectivity index (χ4v) is 4.72. The Labute approximate surface area is 175 Å². The van der Waals surface area contributed by atoms with E-state index in [1.165, 1.54) is 5.57 Å². The summed E-state index contributed by atoms with van der Waals surface area (Å²) >= 11 is 0. The second-order valence-electron chi connectivity index (χ2n) is 8.22. The van der Waals surface area contributed by atoms with Gasteiger partial charge in [0.2, 0.25) is 0 Å². The van der Waals surface area contributed by atoms with Crippen molar-refractivity contribution in [3.8, 4) is 11.5 Å². The Morgan fingerprint density at radius 3 is 2.90 bits per heavy atom. The highest BCUT2D eigenvalue weighted by molar-refractivity contribution is 5.67. The first-order valence-corrected chi connectivity index (χ1v) is 10.4. The minimum atomic E-state index is -0.963. The zero-order valence-electron chi connectivity index (χ0n) is 16.7. The van der Waals surface area contributed by atoms with Crippen LogP contribution < -0.4 is 9.47 Å². The smallest absolute Gasteiger partial charge is 0.329 e. The van der Waals surface area contributed by atoms with E-state index in [1.54, 1.807) is 6.08 Å². The molecule has 30 heavy (non-hydrogen) atoms. The Balaban J connectivity index is 1.30. The van der Waals surface area contributed by atoms with Crippen molar-refractivity contribution in [2.24, 2.45) is 17.8 Å². The van der Waals surface area contributed by atoms with Crippen LogP contribution in [0, 0.1) is 17.8 Å². The Morgan fingerprint density at radius 1 is 1.30 bits per heavy atom. The van der Waals surface area contributed by atoms with Gasteiger partial charge in [0.25, 0.3) is 0 Å². The zero-order chi connectivity index (χ0) is 21.1. The molecule has 4 rings (SSSR count). The van der Waals surface area contributed by atoms with Crippen LogP contribution in [0.2, 0.25) is 0 Å². The first kappa shape index (κ1) is 20.9. The minimum Gasteiger partial charge on any atom is -0.486 e. The number of para-hydroxylation sites is 2. The van der Waals surface area contributed by atoms with E-state index in [9.17, 15) is 15.0 Å². The molecule has 7 heteroatoms. The summed E-state index contributed by atoms with van der Waals surface area (Å²) in [7, 11) is 0. The average molecular weight is 416 g/mol. The molecule has 1 aromatic rings. The van der Waals surface area contributed by atoms with Gasteiger partial charge in [0, 0.05) is 5.92 Å². The number of carboxylic acid groups (broad SMARTS) is 1. The number of aliphatic carboxylic acids is 1. The maximum absolute atomic E-state index is 10.6. The molecule has 0 saturated heterocycles. The molecule has 7 nitrogen and oxygen atoms in total. The molecule has 0 radical (unpaired) electrons. The van der Waals surface area contributed by atoms with Crippen molar-refractivity contribution in [3.05, 3.63) is 48.1 Å². The molecule has 1 aromatic carbocycles. The van der Waals surface area contributed by atoms with Crippen LogP contribution in [0.4, 0.5) is 0 Å². The monoisotopic (exact) mass is 416 g/mol. The number of hydrogen-bond donors (Lipinski definition) is 3. The highest BCUT2D eigenvalue weighted by atomic mass is 16.6. The molecule has 3 N–H and O–H groups in total. The Morgan fingerprint density at radius 2 is 2.10 bits per heavy atom. The lowest BCUT2D eigenvalue weighted by Gasteiger charge is -2.28. The Kier molecular flexibility index (Phi) is 6.41. The third kappa shape index (κ3) is 4.69. The van der Waals surface area contributed by atoms with Gasteiger partial charge in [0.15, 0.2) is 17.6 Å². The second-order valence-corrected chi connectivity index (χ2v) is 8.22. The first-order valence-electron chi connectivity index (χ1n) is 10.4. The summed E-state index contributed by atoms with van der Waals surface area (Å²) in [5.74, 6) is 0.905. The second kappa shape index (κ2) is 9.20. The molecule has 1 heterocycles. The molecular weight excluding hydrogens is 388 g/mol. The van der Waals surface area contributed by atoms with E-state index >= 15 is 0 Å². The fourth-order valence-electron chi connectivity index (χ4n) is 4.72. The van der Waals surface area contributed by atoms with Crippen molar-refractivity contribution in [1.82, 2.24) is 0 Å². The van der Waals surface area contributed by atoms with Gasteiger partial charge in [-0.1, -0.05) is 35.9 Å². The largest absolute Gasteiger partial charge is 0.486 e. The van der Waals surface area contributed by atoms with Crippen molar-refractivity contribution < 1.29 is 34.3 Å². The third-order valence-electron chi connectivity index (χ3n) is 6.19. The number of allylic oxidation sites excluding steroid dienone is 1. The lowest BCUT2D eigenvalue weighted by atomic mass is 9.88. The highest BCUT2D eigenvalue weighted by Crippen LogP contribution is 2.48. The van der Waals surface area contributed by atoms with Gasteiger partial charge in [-0.15, -0.1) is 0 Å². The number of carboxylic acids is 1.